The van der Waals surface area contributed by atoms with Crippen LogP contribution in [0.3, 0.4) is 0 Å². The number of hydrogen-bond donors (Lipinski definition) is 1. The predicted molar refractivity (Wildman–Crippen MR) is 53.1 cm³/mol. The van der Waals surface area contributed by atoms with Crippen molar-refractivity contribution < 1.29 is 0 Å². The first-order valence-corrected chi connectivity index (χ1v) is 4.73. The molecule has 12 heavy (non-hydrogen) atoms. The molecule has 1 aliphatic carbocycles. The van der Waals surface area contributed by atoms with Gasteiger partial charge in [0.25, 0.3) is 0 Å². The maximum atomic E-state index is 5.85. The van der Waals surface area contributed by atoms with E-state index in [9.17, 15) is 0 Å². The summed E-state index contributed by atoms with van der Waals surface area (Å²) in [4.78, 5) is 0. The van der Waals surface area contributed by atoms with Gasteiger partial charge in [-0.1, -0.05) is 23.2 Å². The molecule has 0 spiro atoms. The Morgan fingerprint density at radius 3 is 2.50 bits per heavy atom. The van der Waals surface area contributed by atoms with Crippen LogP contribution in [0.15, 0.2) is 18.2 Å². The fraction of sp³-hybridized carbons (Fsp3) is 0.333. The molecule has 1 N–H and O–H groups in total. The number of nitrogens with one attached hydrogen (secondary N) is 1. The molecule has 1 nitrogen and oxygen atoms in total. The van der Waals surface area contributed by atoms with E-state index in [1.165, 1.54) is 12.8 Å². The zero-order valence-corrected chi connectivity index (χ0v) is 7.99. The van der Waals surface area contributed by atoms with E-state index < -0.39 is 0 Å². The largest absolute Gasteiger partial charge is 0.382 e. The Morgan fingerprint density at radius 2 is 1.92 bits per heavy atom. The summed E-state index contributed by atoms with van der Waals surface area (Å²) in [6, 6.07) is 6.28. The van der Waals surface area contributed by atoms with E-state index in [1.807, 2.05) is 18.2 Å². The lowest BCUT2D eigenvalue weighted by Gasteiger charge is -2.04. The average Bonchev–Trinajstić information content (AvgIpc) is 2.81. The highest BCUT2D eigenvalue weighted by atomic mass is 35.5. The van der Waals surface area contributed by atoms with Gasteiger partial charge in [0.15, 0.2) is 0 Å². The van der Waals surface area contributed by atoms with E-state index >= 15 is 0 Å². The Kier molecular flexibility index (Phi) is 2.16. The zero-order valence-electron chi connectivity index (χ0n) is 6.48. The highest BCUT2D eigenvalue weighted by Gasteiger charge is 2.20. The first-order valence-electron chi connectivity index (χ1n) is 3.97. The summed E-state index contributed by atoms with van der Waals surface area (Å²) in [7, 11) is 0. The van der Waals surface area contributed by atoms with E-state index in [1.54, 1.807) is 0 Å². The van der Waals surface area contributed by atoms with Gasteiger partial charge in [0.2, 0.25) is 0 Å². The SMILES string of the molecule is Clc1ccc(NC2CC2)cc1Cl. The summed E-state index contributed by atoms with van der Waals surface area (Å²) in [6.45, 7) is 0. The molecule has 0 saturated heterocycles. The van der Waals surface area contributed by atoms with Gasteiger partial charge in [0.1, 0.15) is 0 Å². The minimum absolute atomic E-state index is 0.609. The van der Waals surface area contributed by atoms with Crippen molar-refractivity contribution in [2.45, 2.75) is 18.9 Å². The molecule has 0 bridgehead atoms. The summed E-state index contributed by atoms with van der Waals surface area (Å²) in [6.07, 6.45) is 2.53. The number of hydrogen-bond acceptors (Lipinski definition) is 1. The van der Waals surface area contributed by atoms with E-state index in [4.69, 9.17) is 23.2 Å². The fourth-order valence-corrected chi connectivity index (χ4v) is 1.35. The van der Waals surface area contributed by atoms with Gasteiger partial charge in [-0.2, -0.15) is 0 Å². The second-order valence-corrected chi connectivity index (χ2v) is 3.86. The van der Waals surface area contributed by atoms with Crippen molar-refractivity contribution in [1.29, 1.82) is 0 Å². The van der Waals surface area contributed by atoms with E-state index in [0.29, 0.717) is 16.1 Å². The third kappa shape index (κ3) is 1.85. The lowest BCUT2D eigenvalue weighted by atomic mass is 10.3. The molecule has 0 amide bonds. The smallest absolute Gasteiger partial charge is 0.0612 e. The normalized spacial score (nSPS) is 16.2. The Balaban J connectivity index is 2.15. The van der Waals surface area contributed by atoms with Gasteiger partial charge in [-0.25, -0.2) is 0 Å². The fourth-order valence-electron chi connectivity index (χ4n) is 1.05. The number of benzene rings is 1. The van der Waals surface area contributed by atoms with Crippen molar-refractivity contribution in [3.8, 4) is 0 Å². The predicted octanol–water partition coefficient (Wildman–Crippen LogP) is 3.57. The topological polar surface area (TPSA) is 12.0 Å². The molecular formula is C9H9Cl2N. The second kappa shape index (κ2) is 3.15. The summed E-state index contributed by atoms with van der Waals surface area (Å²) >= 11 is 11.6. The van der Waals surface area contributed by atoms with Gasteiger partial charge in [0, 0.05) is 11.7 Å². The van der Waals surface area contributed by atoms with Crippen LogP contribution in [0.25, 0.3) is 0 Å². The van der Waals surface area contributed by atoms with Crippen LogP contribution in [-0.4, -0.2) is 6.04 Å². The third-order valence-electron chi connectivity index (χ3n) is 1.87. The second-order valence-electron chi connectivity index (χ2n) is 3.05. The molecule has 0 unspecified atom stereocenters. The molecule has 0 aromatic heterocycles. The van der Waals surface area contributed by atoms with Crippen molar-refractivity contribution >= 4 is 28.9 Å². The molecule has 64 valence electrons. The third-order valence-corrected chi connectivity index (χ3v) is 2.61. The van der Waals surface area contributed by atoms with Crippen molar-refractivity contribution in [2.24, 2.45) is 0 Å². The summed E-state index contributed by atoms with van der Waals surface area (Å²) in [5.74, 6) is 0. The molecule has 3 heteroatoms. The molecular weight excluding hydrogens is 193 g/mol. The van der Waals surface area contributed by atoms with Gasteiger partial charge in [-0.05, 0) is 31.0 Å². The van der Waals surface area contributed by atoms with Crippen LogP contribution in [0.1, 0.15) is 12.8 Å². The van der Waals surface area contributed by atoms with Crippen LogP contribution in [0.4, 0.5) is 5.69 Å². The van der Waals surface area contributed by atoms with Crippen LogP contribution in [0.2, 0.25) is 10.0 Å². The van der Waals surface area contributed by atoms with Crippen LogP contribution in [0.5, 0.6) is 0 Å². The maximum Gasteiger partial charge on any atom is 0.0612 e. The van der Waals surface area contributed by atoms with Gasteiger partial charge in [0.05, 0.1) is 10.0 Å². The van der Waals surface area contributed by atoms with E-state index in [-0.39, 0.29) is 0 Å². The summed E-state index contributed by atoms with van der Waals surface area (Å²) in [5, 5.41) is 4.56. The molecule has 1 fully saturated rings. The van der Waals surface area contributed by atoms with Crippen molar-refractivity contribution in [3.63, 3.8) is 0 Å². The van der Waals surface area contributed by atoms with Crippen molar-refractivity contribution in [2.75, 3.05) is 5.32 Å². The Bertz CT molecular complexity index is 295. The molecule has 1 saturated carbocycles. The molecule has 1 aromatic carbocycles. The summed E-state index contributed by atoms with van der Waals surface area (Å²) < 4.78 is 0. The quantitative estimate of drug-likeness (QED) is 0.772. The first kappa shape index (κ1) is 8.21. The minimum Gasteiger partial charge on any atom is -0.382 e. The number of anilines is 1. The molecule has 0 radical (unpaired) electrons. The highest BCUT2D eigenvalue weighted by molar-refractivity contribution is 6.42. The van der Waals surface area contributed by atoms with Crippen LogP contribution >= 0.6 is 23.2 Å². The van der Waals surface area contributed by atoms with Gasteiger partial charge < -0.3 is 5.32 Å². The van der Waals surface area contributed by atoms with E-state index in [0.717, 1.165) is 5.69 Å². The average molecular weight is 202 g/mol. The molecule has 1 aliphatic rings. The van der Waals surface area contributed by atoms with Crippen LogP contribution < -0.4 is 5.32 Å². The highest BCUT2D eigenvalue weighted by Crippen LogP contribution is 2.29. The van der Waals surface area contributed by atoms with E-state index in [2.05, 4.69) is 5.32 Å². The monoisotopic (exact) mass is 201 g/mol. The number of halogens is 2. The van der Waals surface area contributed by atoms with Gasteiger partial charge in [-0.15, -0.1) is 0 Å². The molecule has 0 heterocycles. The van der Waals surface area contributed by atoms with Crippen molar-refractivity contribution in [1.82, 2.24) is 0 Å². The molecule has 2 rings (SSSR count). The van der Waals surface area contributed by atoms with Crippen molar-refractivity contribution in [3.05, 3.63) is 28.2 Å². The summed E-state index contributed by atoms with van der Waals surface area (Å²) in [5.41, 5.74) is 1.06. The van der Waals surface area contributed by atoms with Gasteiger partial charge in [-0.3, -0.25) is 0 Å². The molecule has 0 aliphatic heterocycles. The Labute approximate surface area is 81.7 Å². The Hall–Kier alpha value is -0.400. The standard InChI is InChI=1S/C9H9Cl2N/c10-8-4-3-7(5-9(8)11)12-6-1-2-6/h3-6,12H,1-2H2. The lowest BCUT2D eigenvalue weighted by Crippen LogP contribution is -1.99. The first-order chi connectivity index (χ1) is 5.75. The van der Waals surface area contributed by atoms with Crippen LogP contribution in [0, 0.1) is 0 Å². The minimum atomic E-state index is 0.609. The van der Waals surface area contributed by atoms with Gasteiger partial charge >= 0.3 is 0 Å². The molecule has 1 aromatic rings. The molecule has 0 atom stereocenters. The van der Waals surface area contributed by atoms with Crippen LogP contribution in [-0.2, 0) is 0 Å². The maximum absolute atomic E-state index is 5.85. The zero-order chi connectivity index (χ0) is 8.55. The lowest BCUT2D eigenvalue weighted by molar-refractivity contribution is 1.16. The Morgan fingerprint density at radius 1 is 1.17 bits per heavy atom. The number of rotatable bonds is 2.